The van der Waals surface area contributed by atoms with Gasteiger partial charge >= 0.3 is 23.9 Å². The highest BCUT2D eigenvalue weighted by atomic mass is 79.9. The maximum atomic E-state index is 14.2. The Balaban J connectivity index is 1.52. The highest BCUT2D eigenvalue weighted by Crippen LogP contribution is 2.46. The molecule has 0 aromatic heterocycles. The van der Waals surface area contributed by atoms with Crippen LogP contribution in [0.5, 0.6) is 23.0 Å². The number of rotatable bonds is 9. The molecule has 1 aliphatic rings. The summed E-state index contributed by atoms with van der Waals surface area (Å²) in [4.78, 5) is 66.1. The maximum Gasteiger partial charge on any atom is 0.356 e. The van der Waals surface area contributed by atoms with Crippen molar-refractivity contribution < 1.29 is 58.2 Å². The van der Waals surface area contributed by atoms with Gasteiger partial charge in [-0.3, -0.25) is 4.79 Å². The van der Waals surface area contributed by atoms with E-state index in [1.165, 1.54) is 27.9 Å². The van der Waals surface area contributed by atoms with Gasteiger partial charge in [0.15, 0.2) is 11.5 Å². The lowest BCUT2D eigenvalue weighted by Crippen LogP contribution is -2.47. The number of phenols is 1. The average molecular weight is 890 g/mol. The topological polar surface area (TPSA) is 183 Å². The second-order valence-electron chi connectivity index (χ2n) is 14.4. The molecule has 5 rings (SSSR count). The molecule has 4 aromatic rings. The molecule has 0 heterocycles. The number of phenolic OH excluding ortho intramolecular Hbond substituents is 1. The number of carboxylic acids is 1. The van der Waals surface area contributed by atoms with Crippen molar-refractivity contribution in [3.8, 4) is 34.1 Å². The van der Waals surface area contributed by atoms with E-state index in [1.54, 1.807) is 72.7 Å². The molecule has 0 spiro atoms. The van der Waals surface area contributed by atoms with E-state index in [0.717, 1.165) is 12.2 Å². The number of carboxylic acid groups (broad SMARTS) is 1. The van der Waals surface area contributed by atoms with Gasteiger partial charge in [0.05, 0.1) is 18.2 Å². The fourth-order valence-electron chi connectivity index (χ4n) is 7.29. The molecular weight excluding hydrogens is 848 g/mol. The zero-order valence-corrected chi connectivity index (χ0v) is 36.6. The van der Waals surface area contributed by atoms with Gasteiger partial charge in [0.25, 0.3) is 0 Å². The lowest BCUT2D eigenvalue weighted by atomic mass is 9.87. The van der Waals surface area contributed by atoms with Crippen LogP contribution in [0.1, 0.15) is 88.1 Å². The molecule has 1 aliphatic carbocycles. The monoisotopic (exact) mass is 888 g/mol. The third-order valence-electron chi connectivity index (χ3n) is 11.2. The zero-order valence-electron chi connectivity index (χ0n) is 34.2. The number of ketones is 1. The molecule has 4 aromatic carbocycles. The number of carbonyl (C=O) groups excluding carboxylic acids is 4. The molecule has 0 amide bonds. The Morgan fingerprint density at radius 2 is 1.15 bits per heavy atom. The second kappa shape index (κ2) is 16.5. The number of esters is 3. The number of aromatic hydroxyl groups is 1. The molecule has 0 radical (unpaired) electrons. The minimum atomic E-state index is -2.45. The molecule has 0 saturated heterocycles. The number of aliphatic hydroxyl groups is 1. The number of carbonyl (C=O) groups is 5. The molecule has 0 aliphatic heterocycles. The zero-order chi connectivity index (χ0) is 44.2. The van der Waals surface area contributed by atoms with Crippen LogP contribution in [0.3, 0.4) is 0 Å². The van der Waals surface area contributed by atoms with Crippen LogP contribution >= 0.6 is 27.5 Å². The first-order chi connectivity index (χ1) is 27.5. The predicted octanol–water partition coefficient (Wildman–Crippen LogP) is 9.08. The summed E-state index contributed by atoms with van der Waals surface area (Å²) in [5.41, 5.74) is 1.75. The predicted molar refractivity (Wildman–Crippen MR) is 223 cm³/mol. The molecule has 3 N–H and O–H groups in total. The number of ether oxygens (including phenoxy) is 4. The summed E-state index contributed by atoms with van der Waals surface area (Å²) >= 11 is 9.83. The van der Waals surface area contributed by atoms with E-state index >= 15 is 0 Å². The van der Waals surface area contributed by atoms with Crippen molar-refractivity contribution in [3.63, 3.8) is 0 Å². The van der Waals surface area contributed by atoms with Crippen molar-refractivity contribution in [2.24, 2.45) is 0 Å². The second-order valence-corrected chi connectivity index (χ2v) is 15.6. The van der Waals surface area contributed by atoms with Crippen molar-refractivity contribution in [2.45, 2.75) is 74.8 Å². The summed E-state index contributed by atoms with van der Waals surface area (Å²) < 4.78 is 22.7. The molecule has 0 fully saturated rings. The van der Waals surface area contributed by atoms with E-state index in [4.69, 9.17) is 30.5 Å². The van der Waals surface area contributed by atoms with Gasteiger partial charge in [0.2, 0.25) is 5.60 Å². The smallest absolute Gasteiger partial charge is 0.356 e. The Labute approximate surface area is 354 Å². The molecule has 0 unspecified atom stereocenters. The number of aromatic carboxylic acids is 1. The Bertz CT molecular complexity index is 2560. The van der Waals surface area contributed by atoms with E-state index in [9.17, 15) is 39.3 Å². The number of allylic oxidation sites excluding steroid dienone is 2. The molecular formula is C45H42BrClO12. The van der Waals surface area contributed by atoms with E-state index in [1.807, 2.05) is 0 Å². The summed E-state index contributed by atoms with van der Waals surface area (Å²) in [6, 6.07) is 6.85. The van der Waals surface area contributed by atoms with Gasteiger partial charge in [-0.1, -0.05) is 29.8 Å². The quantitative estimate of drug-likeness (QED) is 0.107. The van der Waals surface area contributed by atoms with E-state index in [0.29, 0.717) is 55.1 Å². The van der Waals surface area contributed by atoms with Crippen LogP contribution < -0.4 is 14.2 Å². The number of halogens is 2. The first kappa shape index (κ1) is 44.3. The van der Waals surface area contributed by atoms with Crippen LogP contribution in [-0.4, -0.2) is 57.7 Å². The van der Waals surface area contributed by atoms with Crippen LogP contribution in [0.4, 0.5) is 0 Å². The van der Waals surface area contributed by atoms with E-state index in [2.05, 4.69) is 15.9 Å². The Hall–Kier alpha value is -5.76. The largest absolute Gasteiger partial charge is 0.506 e. The Morgan fingerprint density at radius 3 is 1.71 bits per heavy atom. The summed E-state index contributed by atoms with van der Waals surface area (Å²) in [5, 5.41) is 33.1. The summed E-state index contributed by atoms with van der Waals surface area (Å²) in [6.07, 6.45) is 2.03. The van der Waals surface area contributed by atoms with Gasteiger partial charge in [0, 0.05) is 22.2 Å². The molecule has 308 valence electrons. The lowest BCUT2D eigenvalue weighted by Gasteiger charge is -2.30. The van der Waals surface area contributed by atoms with Gasteiger partial charge in [-0.2, -0.15) is 0 Å². The maximum absolute atomic E-state index is 14.2. The van der Waals surface area contributed by atoms with Gasteiger partial charge in [0.1, 0.15) is 33.0 Å². The highest BCUT2D eigenvalue weighted by Gasteiger charge is 2.48. The van der Waals surface area contributed by atoms with Crippen LogP contribution in [0.2, 0.25) is 5.02 Å². The van der Waals surface area contributed by atoms with Crippen LogP contribution in [-0.2, 0) is 14.3 Å². The highest BCUT2D eigenvalue weighted by molar-refractivity contribution is 9.10. The van der Waals surface area contributed by atoms with E-state index in [-0.39, 0.29) is 60.9 Å². The fraction of sp³-hybridized carbons (Fsp3) is 0.267. The van der Waals surface area contributed by atoms with Gasteiger partial charge in [-0.25, -0.2) is 19.2 Å². The molecule has 0 bridgehead atoms. The summed E-state index contributed by atoms with van der Waals surface area (Å²) in [6.45, 7) is 16.0. The first-order valence-corrected chi connectivity index (χ1v) is 19.3. The van der Waals surface area contributed by atoms with Gasteiger partial charge in [-0.05, 0) is 153 Å². The van der Waals surface area contributed by atoms with Crippen LogP contribution in [0, 0.1) is 62.3 Å². The standard InChI is InChI=1S/C45H42BrClO12/c1-18-16-28(48)17-31(56-11)45(18,55)44(54)59-40-26(9)22(5)35(37(49)36(40)46)43(53)57-38-23(6)20(3)33(21(4)24(38)7)42(52)58-39-25(8)19(2)32(41(50)51)27(10)34(39)29-14-12-13-15-30(29)47/h12-17,49,55H,1-11H3,(H,50,51)/t45-/m1/s1. The summed E-state index contributed by atoms with van der Waals surface area (Å²) in [5.74, 6) is -5.44. The molecule has 14 heteroatoms. The number of benzene rings is 4. The van der Waals surface area contributed by atoms with Gasteiger partial charge < -0.3 is 34.3 Å². The first-order valence-electron chi connectivity index (χ1n) is 18.1. The molecule has 0 saturated carbocycles. The number of methoxy groups -OCH3 is 1. The molecule has 59 heavy (non-hydrogen) atoms. The van der Waals surface area contributed by atoms with Crippen molar-refractivity contribution in [1.82, 2.24) is 0 Å². The van der Waals surface area contributed by atoms with Crippen LogP contribution in [0.25, 0.3) is 11.1 Å². The van der Waals surface area contributed by atoms with Crippen molar-refractivity contribution in [1.29, 1.82) is 0 Å². The summed E-state index contributed by atoms with van der Waals surface area (Å²) in [7, 11) is 1.18. The van der Waals surface area contributed by atoms with E-state index < -0.39 is 41.0 Å². The SMILES string of the molecule is COC1=CC(=O)C=C(C)[C@]1(O)C(=O)Oc1c(C)c(C)c(C(=O)Oc2c(C)c(C)c(C(=O)Oc3c(C)c(C)c(C(=O)O)c(C)c3-c3ccccc3Cl)c(C)c2C)c(O)c1Br. The van der Waals surface area contributed by atoms with Gasteiger partial charge in [-0.15, -0.1) is 0 Å². The Kier molecular flexibility index (Phi) is 12.4. The molecule has 12 nitrogen and oxygen atoms in total. The number of hydrogen-bond donors (Lipinski definition) is 3. The molecule has 1 atom stereocenters. The minimum absolute atomic E-state index is 0.0473. The third kappa shape index (κ3) is 7.43. The number of hydrogen-bond acceptors (Lipinski definition) is 11. The lowest BCUT2D eigenvalue weighted by molar-refractivity contribution is -0.151. The normalized spacial score (nSPS) is 15.0. The Morgan fingerprint density at radius 1 is 0.661 bits per heavy atom. The fourth-order valence-corrected chi connectivity index (χ4v) is 8.10. The minimum Gasteiger partial charge on any atom is -0.506 e. The van der Waals surface area contributed by atoms with Crippen molar-refractivity contribution in [3.05, 3.63) is 124 Å². The van der Waals surface area contributed by atoms with Crippen molar-refractivity contribution >= 4 is 57.2 Å². The van der Waals surface area contributed by atoms with Crippen molar-refractivity contribution in [2.75, 3.05) is 7.11 Å². The van der Waals surface area contributed by atoms with Crippen LogP contribution in [0.15, 0.2) is 52.2 Å². The average Bonchev–Trinajstić information content (AvgIpc) is 3.17. The third-order valence-corrected chi connectivity index (χ3v) is 12.2.